The molecule has 0 spiro atoms. The van der Waals surface area contributed by atoms with Crippen LogP contribution in [0.3, 0.4) is 0 Å². The Kier molecular flexibility index (Phi) is 4.67. The van der Waals surface area contributed by atoms with E-state index in [9.17, 15) is 0 Å². The smallest absolute Gasteiger partial charge is 0.0615 e. The predicted molar refractivity (Wildman–Crippen MR) is 34.5 cm³/mol. The molecule has 1 rings (SSSR count). The van der Waals surface area contributed by atoms with Gasteiger partial charge in [-0.25, -0.2) is 0 Å². The maximum absolute atomic E-state index is 5.12. The first kappa shape index (κ1) is 8.88. The summed E-state index contributed by atoms with van der Waals surface area (Å²) in [6.45, 7) is 1.75. The summed E-state index contributed by atoms with van der Waals surface area (Å²) in [5.74, 6) is 0. The molecule has 0 atom stereocenters. The summed E-state index contributed by atoms with van der Waals surface area (Å²) >= 11 is 0. The third-order valence-electron chi connectivity index (χ3n) is 1.50. The zero-order valence-electron chi connectivity index (χ0n) is 5.72. The van der Waals surface area contributed by atoms with Gasteiger partial charge in [0.2, 0.25) is 0 Å². The highest BCUT2D eigenvalue weighted by atomic mass is 16.5. The van der Waals surface area contributed by atoms with E-state index in [0.717, 1.165) is 26.1 Å². The lowest BCUT2D eigenvalue weighted by Crippen LogP contribution is -2.21. The van der Waals surface area contributed by atoms with Crippen LogP contribution in [0.1, 0.15) is 12.8 Å². The van der Waals surface area contributed by atoms with E-state index in [4.69, 9.17) is 9.47 Å². The molecule has 56 valence electrons. The SMILES string of the molecule is COC1CCOCC1.O. The summed E-state index contributed by atoms with van der Waals surface area (Å²) in [6, 6.07) is 0. The van der Waals surface area contributed by atoms with E-state index in [0.29, 0.717) is 6.10 Å². The van der Waals surface area contributed by atoms with Crippen molar-refractivity contribution >= 4 is 0 Å². The van der Waals surface area contributed by atoms with Gasteiger partial charge in [-0.2, -0.15) is 0 Å². The predicted octanol–water partition coefficient (Wildman–Crippen LogP) is -0.0129. The Balaban J connectivity index is 0.000000640. The Morgan fingerprint density at radius 1 is 1.33 bits per heavy atom. The first-order chi connectivity index (χ1) is 3.93. The summed E-state index contributed by atoms with van der Waals surface area (Å²) in [5.41, 5.74) is 0. The third-order valence-corrected chi connectivity index (χ3v) is 1.50. The van der Waals surface area contributed by atoms with Gasteiger partial charge in [0.1, 0.15) is 0 Å². The van der Waals surface area contributed by atoms with Crippen molar-refractivity contribution in [2.75, 3.05) is 20.3 Å². The molecule has 0 aliphatic carbocycles. The molecule has 1 aliphatic rings. The topological polar surface area (TPSA) is 50.0 Å². The molecule has 0 amide bonds. The standard InChI is InChI=1S/C6H12O2.H2O/c1-7-6-2-4-8-5-3-6;/h6H,2-5H2,1H3;1H2. The summed E-state index contributed by atoms with van der Waals surface area (Å²) in [6.07, 6.45) is 2.59. The second-order valence-corrected chi connectivity index (χ2v) is 2.05. The molecule has 3 nitrogen and oxygen atoms in total. The molecule has 0 aromatic rings. The fraction of sp³-hybridized carbons (Fsp3) is 1.00. The molecule has 1 heterocycles. The lowest BCUT2D eigenvalue weighted by molar-refractivity contribution is -0.00998. The van der Waals surface area contributed by atoms with Crippen LogP contribution in [0, 0.1) is 0 Å². The van der Waals surface area contributed by atoms with Crippen LogP contribution >= 0.6 is 0 Å². The van der Waals surface area contributed by atoms with Gasteiger partial charge in [-0.3, -0.25) is 0 Å². The van der Waals surface area contributed by atoms with Crippen LogP contribution in [-0.4, -0.2) is 31.9 Å². The third kappa shape index (κ3) is 2.79. The molecule has 1 aliphatic heterocycles. The van der Waals surface area contributed by atoms with E-state index < -0.39 is 0 Å². The van der Waals surface area contributed by atoms with Crippen LogP contribution in [0.25, 0.3) is 0 Å². The van der Waals surface area contributed by atoms with Crippen molar-refractivity contribution in [1.82, 2.24) is 0 Å². The average Bonchev–Trinajstić information content (AvgIpc) is 1.90. The molecule has 1 fully saturated rings. The fourth-order valence-electron chi connectivity index (χ4n) is 0.912. The lowest BCUT2D eigenvalue weighted by atomic mass is 10.2. The highest BCUT2D eigenvalue weighted by molar-refractivity contribution is 4.60. The minimum Gasteiger partial charge on any atom is -0.412 e. The maximum Gasteiger partial charge on any atom is 0.0615 e. The molecule has 0 unspecified atom stereocenters. The minimum atomic E-state index is 0. The number of hydrogen-bond donors (Lipinski definition) is 0. The Labute approximate surface area is 55.3 Å². The monoisotopic (exact) mass is 134 g/mol. The van der Waals surface area contributed by atoms with Gasteiger partial charge < -0.3 is 14.9 Å². The van der Waals surface area contributed by atoms with Crippen LogP contribution in [0.5, 0.6) is 0 Å². The van der Waals surface area contributed by atoms with Gasteiger partial charge in [-0.1, -0.05) is 0 Å². The molecule has 3 heteroatoms. The van der Waals surface area contributed by atoms with Crippen LogP contribution in [0.2, 0.25) is 0 Å². The minimum absolute atomic E-state index is 0. The maximum atomic E-state index is 5.12. The first-order valence-electron chi connectivity index (χ1n) is 3.04. The van der Waals surface area contributed by atoms with Gasteiger partial charge in [-0.05, 0) is 12.8 Å². The van der Waals surface area contributed by atoms with Gasteiger partial charge >= 0.3 is 0 Å². The van der Waals surface area contributed by atoms with Crippen LogP contribution in [0.4, 0.5) is 0 Å². The fourth-order valence-corrected chi connectivity index (χ4v) is 0.912. The van der Waals surface area contributed by atoms with Crippen molar-refractivity contribution < 1.29 is 14.9 Å². The molecule has 1 saturated heterocycles. The molecule has 0 aromatic carbocycles. The van der Waals surface area contributed by atoms with E-state index in [1.54, 1.807) is 7.11 Å². The van der Waals surface area contributed by atoms with Crippen LogP contribution in [-0.2, 0) is 9.47 Å². The molecule has 0 radical (unpaired) electrons. The van der Waals surface area contributed by atoms with E-state index in [1.807, 2.05) is 0 Å². The van der Waals surface area contributed by atoms with Crippen molar-refractivity contribution in [2.45, 2.75) is 18.9 Å². The molecule has 9 heavy (non-hydrogen) atoms. The molecule has 0 saturated carbocycles. The Morgan fingerprint density at radius 2 is 1.89 bits per heavy atom. The molecular formula is C6H14O3. The van der Waals surface area contributed by atoms with Gasteiger partial charge in [0, 0.05) is 20.3 Å². The van der Waals surface area contributed by atoms with Crippen LogP contribution in [0.15, 0.2) is 0 Å². The lowest BCUT2D eigenvalue weighted by Gasteiger charge is -2.19. The second kappa shape index (κ2) is 4.73. The van der Waals surface area contributed by atoms with E-state index >= 15 is 0 Å². The van der Waals surface area contributed by atoms with E-state index in [1.165, 1.54) is 0 Å². The molecular weight excluding hydrogens is 120 g/mol. The highest BCUT2D eigenvalue weighted by Gasteiger charge is 2.10. The van der Waals surface area contributed by atoms with Gasteiger partial charge in [0.25, 0.3) is 0 Å². The molecule has 2 N–H and O–H groups in total. The summed E-state index contributed by atoms with van der Waals surface area (Å²) < 4.78 is 10.2. The van der Waals surface area contributed by atoms with Crippen LogP contribution < -0.4 is 0 Å². The zero-order valence-corrected chi connectivity index (χ0v) is 5.72. The average molecular weight is 134 g/mol. The Bertz CT molecular complexity index is 59.3. The van der Waals surface area contributed by atoms with Gasteiger partial charge in [0.05, 0.1) is 6.10 Å². The zero-order chi connectivity index (χ0) is 5.82. The van der Waals surface area contributed by atoms with Crippen molar-refractivity contribution in [3.63, 3.8) is 0 Å². The van der Waals surface area contributed by atoms with Crippen molar-refractivity contribution in [3.8, 4) is 0 Å². The van der Waals surface area contributed by atoms with Crippen molar-refractivity contribution in [1.29, 1.82) is 0 Å². The van der Waals surface area contributed by atoms with E-state index in [2.05, 4.69) is 0 Å². The summed E-state index contributed by atoms with van der Waals surface area (Å²) in [7, 11) is 1.76. The Morgan fingerprint density at radius 3 is 2.22 bits per heavy atom. The number of hydrogen-bond acceptors (Lipinski definition) is 2. The van der Waals surface area contributed by atoms with Crippen molar-refractivity contribution in [3.05, 3.63) is 0 Å². The van der Waals surface area contributed by atoms with E-state index in [-0.39, 0.29) is 5.48 Å². The quantitative estimate of drug-likeness (QED) is 0.506. The van der Waals surface area contributed by atoms with Gasteiger partial charge in [-0.15, -0.1) is 0 Å². The first-order valence-corrected chi connectivity index (χ1v) is 3.04. The Hall–Kier alpha value is -0.120. The normalized spacial score (nSPS) is 21.0. The highest BCUT2D eigenvalue weighted by Crippen LogP contribution is 2.08. The number of methoxy groups -OCH3 is 1. The second-order valence-electron chi connectivity index (χ2n) is 2.05. The number of rotatable bonds is 1. The summed E-state index contributed by atoms with van der Waals surface area (Å²) in [4.78, 5) is 0. The summed E-state index contributed by atoms with van der Waals surface area (Å²) in [5, 5.41) is 0. The van der Waals surface area contributed by atoms with Gasteiger partial charge in [0.15, 0.2) is 0 Å². The molecule has 0 aromatic heterocycles. The van der Waals surface area contributed by atoms with Crippen molar-refractivity contribution in [2.24, 2.45) is 0 Å². The molecule has 0 bridgehead atoms. The number of ether oxygens (including phenoxy) is 2. The largest absolute Gasteiger partial charge is 0.412 e.